The predicted octanol–water partition coefficient (Wildman–Crippen LogP) is -0.197. The van der Waals surface area contributed by atoms with Gasteiger partial charge in [-0.05, 0) is 6.92 Å². The van der Waals surface area contributed by atoms with E-state index in [0.717, 1.165) is 0 Å². The molecule has 1 aromatic rings. The van der Waals surface area contributed by atoms with Gasteiger partial charge in [-0.3, -0.25) is 4.79 Å². The lowest BCUT2D eigenvalue weighted by Gasteiger charge is -2.11. The van der Waals surface area contributed by atoms with Crippen molar-refractivity contribution < 1.29 is 4.79 Å². The molecule has 1 unspecified atom stereocenters. The fourth-order valence-electron chi connectivity index (χ4n) is 1.03. The maximum atomic E-state index is 10.6. The Hall–Kier alpha value is -1.39. The number of amides is 1. The normalized spacial score (nSPS) is 12.5. The summed E-state index contributed by atoms with van der Waals surface area (Å²) in [6, 6.07) is 0.110. The summed E-state index contributed by atoms with van der Waals surface area (Å²) in [5.74, 6) is -0.0180. The third kappa shape index (κ3) is 2.69. The fraction of sp³-hybridized carbons (Fsp3) is 0.571. The maximum absolute atomic E-state index is 10.6. The second-order valence-corrected chi connectivity index (χ2v) is 2.76. The molecule has 1 amide bonds. The summed E-state index contributed by atoms with van der Waals surface area (Å²) in [6.45, 7) is 4.14. The highest BCUT2D eigenvalue weighted by atomic mass is 16.1. The van der Waals surface area contributed by atoms with Crippen molar-refractivity contribution in [1.29, 1.82) is 0 Å². The van der Waals surface area contributed by atoms with Crippen molar-refractivity contribution in [1.82, 2.24) is 20.1 Å². The quantitative estimate of drug-likeness (QED) is 0.680. The van der Waals surface area contributed by atoms with Gasteiger partial charge in [0, 0.05) is 19.5 Å². The number of aromatic nitrogens is 3. The minimum absolute atomic E-state index is 0.0180. The zero-order chi connectivity index (χ0) is 8.97. The van der Waals surface area contributed by atoms with Crippen LogP contribution in [0.4, 0.5) is 0 Å². The molecule has 0 bridgehead atoms. The van der Waals surface area contributed by atoms with Gasteiger partial charge in [0.05, 0.1) is 0 Å². The molecule has 0 radical (unpaired) electrons. The third-order valence-corrected chi connectivity index (χ3v) is 1.40. The van der Waals surface area contributed by atoms with Crippen LogP contribution in [0, 0.1) is 0 Å². The van der Waals surface area contributed by atoms with Crippen molar-refractivity contribution in [2.45, 2.75) is 26.4 Å². The lowest BCUT2D eigenvalue weighted by Crippen LogP contribution is -2.33. The van der Waals surface area contributed by atoms with E-state index in [2.05, 4.69) is 15.5 Å². The topological polar surface area (TPSA) is 59.8 Å². The molecule has 0 spiro atoms. The van der Waals surface area contributed by atoms with E-state index in [1.54, 1.807) is 12.7 Å². The summed E-state index contributed by atoms with van der Waals surface area (Å²) in [7, 11) is 0. The molecule has 12 heavy (non-hydrogen) atoms. The number of nitrogens with one attached hydrogen (secondary N) is 1. The van der Waals surface area contributed by atoms with Crippen molar-refractivity contribution in [3.05, 3.63) is 12.7 Å². The Morgan fingerprint density at radius 1 is 1.58 bits per heavy atom. The van der Waals surface area contributed by atoms with Gasteiger partial charge in [0.25, 0.3) is 0 Å². The highest BCUT2D eigenvalue weighted by Crippen LogP contribution is 1.88. The van der Waals surface area contributed by atoms with E-state index in [9.17, 15) is 4.79 Å². The molecule has 1 atom stereocenters. The highest BCUT2D eigenvalue weighted by molar-refractivity contribution is 5.73. The molecular formula is C7H12N4O. The molecular weight excluding hydrogens is 156 g/mol. The molecule has 5 heteroatoms. The van der Waals surface area contributed by atoms with Gasteiger partial charge < -0.3 is 9.88 Å². The van der Waals surface area contributed by atoms with Gasteiger partial charge in [-0.25, -0.2) is 0 Å². The first-order valence-electron chi connectivity index (χ1n) is 3.78. The molecule has 0 aliphatic heterocycles. The summed E-state index contributed by atoms with van der Waals surface area (Å²) in [5.41, 5.74) is 0. The van der Waals surface area contributed by atoms with Gasteiger partial charge in [-0.15, -0.1) is 10.2 Å². The number of nitrogens with zero attached hydrogens (tertiary/aromatic N) is 3. The smallest absolute Gasteiger partial charge is 0.217 e. The summed E-state index contributed by atoms with van der Waals surface area (Å²) < 4.78 is 1.82. The first-order valence-corrected chi connectivity index (χ1v) is 3.78. The molecule has 0 aliphatic carbocycles. The first-order chi connectivity index (χ1) is 5.68. The number of rotatable bonds is 3. The van der Waals surface area contributed by atoms with Crippen molar-refractivity contribution in [2.24, 2.45) is 0 Å². The molecule has 0 fully saturated rings. The van der Waals surface area contributed by atoms with E-state index in [4.69, 9.17) is 0 Å². The van der Waals surface area contributed by atoms with Gasteiger partial charge >= 0.3 is 0 Å². The average molecular weight is 168 g/mol. The molecule has 1 N–H and O–H groups in total. The van der Waals surface area contributed by atoms with Crippen molar-refractivity contribution in [3.8, 4) is 0 Å². The van der Waals surface area contributed by atoms with E-state index >= 15 is 0 Å². The van der Waals surface area contributed by atoms with Crippen LogP contribution in [0.1, 0.15) is 13.8 Å². The van der Waals surface area contributed by atoms with Gasteiger partial charge in [0.1, 0.15) is 12.7 Å². The Morgan fingerprint density at radius 2 is 2.17 bits per heavy atom. The van der Waals surface area contributed by atoms with Gasteiger partial charge in [-0.1, -0.05) is 0 Å². The Morgan fingerprint density at radius 3 is 2.67 bits per heavy atom. The highest BCUT2D eigenvalue weighted by Gasteiger charge is 2.02. The second-order valence-electron chi connectivity index (χ2n) is 2.76. The van der Waals surface area contributed by atoms with Crippen LogP contribution in [0.2, 0.25) is 0 Å². The van der Waals surface area contributed by atoms with E-state index in [-0.39, 0.29) is 11.9 Å². The predicted molar refractivity (Wildman–Crippen MR) is 43.3 cm³/mol. The molecule has 0 saturated carbocycles. The monoisotopic (exact) mass is 168 g/mol. The maximum Gasteiger partial charge on any atom is 0.217 e. The summed E-state index contributed by atoms with van der Waals surface area (Å²) >= 11 is 0. The Kier molecular flexibility index (Phi) is 2.79. The largest absolute Gasteiger partial charge is 0.352 e. The lowest BCUT2D eigenvalue weighted by atomic mass is 10.3. The SMILES string of the molecule is CC(=O)NC(C)Cn1cnnc1. The zero-order valence-corrected chi connectivity index (χ0v) is 7.19. The van der Waals surface area contributed by atoms with E-state index in [1.165, 1.54) is 6.92 Å². The van der Waals surface area contributed by atoms with Gasteiger partial charge in [-0.2, -0.15) is 0 Å². The van der Waals surface area contributed by atoms with Crippen LogP contribution in [0.3, 0.4) is 0 Å². The molecule has 66 valence electrons. The van der Waals surface area contributed by atoms with Gasteiger partial charge in [0.2, 0.25) is 5.91 Å². The Bertz CT molecular complexity index is 244. The van der Waals surface area contributed by atoms with Crippen LogP contribution in [0.5, 0.6) is 0 Å². The molecule has 0 aliphatic rings. The van der Waals surface area contributed by atoms with E-state index in [1.807, 2.05) is 11.5 Å². The Labute approximate surface area is 70.8 Å². The fourth-order valence-corrected chi connectivity index (χ4v) is 1.03. The third-order valence-electron chi connectivity index (χ3n) is 1.40. The summed E-state index contributed by atoms with van der Waals surface area (Å²) in [4.78, 5) is 10.6. The van der Waals surface area contributed by atoms with Crippen LogP contribution >= 0.6 is 0 Å². The van der Waals surface area contributed by atoms with Crippen LogP contribution in [0.25, 0.3) is 0 Å². The Balaban J connectivity index is 2.36. The molecule has 1 heterocycles. The van der Waals surface area contributed by atoms with Crippen molar-refractivity contribution >= 4 is 5.91 Å². The van der Waals surface area contributed by atoms with E-state index in [0.29, 0.717) is 6.54 Å². The number of hydrogen-bond acceptors (Lipinski definition) is 3. The number of hydrogen-bond donors (Lipinski definition) is 1. The summed E-state index contributed by atoms with van der Waals surface area (Å²) in [6.07, 6.45) is 3.25. The minimum Gasteiger partial charge on any atom is -0.352 e. The standard InChI is InChI=1S/C7H12N4O/c1-6(10-7(2)12)3-11-4-8-9-5-11/h4-6H,3H2,1-2H3,(H,10,12). The van der Waals surface area contributed by atoms with Crippen molar-refractivity contribution in [2.75, 3.05) is 0 Å². The number of carbonyl (C=O) groups excluding carboxylic acids is 1. The molecule has 5 nitrogen and oxygen atoms in total. The lowest BCUT2D eigenvalue weighted by molar-refractivity contribution is -0.119. The van der Waals surface area contributed by atoms with Crippen molar-refractivity contribution in [3.63, 3.8) is 0 Å². The van der Waals surface area contributed by atoms with Crippen LogP contribution < -0.4 is 5.32 Å². The summed E-state index contributed by atoms with van der Waals surface area (Å²) in [5, 5.41) is 10.1. The number of carbonyl (C=O) groups is 1. The van der Waals surface area contributed by atoms with Crippen LogP contribution in [-0.2, 0) is 11.3 Å². The molecule has 0 aromatic carbocycles. The average Bonchev–Trinajstić information content (AvgIpc) is 2.37. The van der Waals surface area contributed by atoms with Gasteiger partial charge in [0.15, 0.2) is 0 Å². The van der Waals surface area contributed by atoms with Crippen LogP contribution in [0.15, 0.2) is 12.7 Å². The molecule has 1 rings (SSSR count). The molecule has 1 aromatic heterocycles. The zero-order valence-electron chi connectivity index (χ0n) is 7.19. The molecule has 0 saturated heterocycles. The minimum atomic E-state index is -0.0180. The first kappa shape index (κ1) is 8.70. The van der Waals surface area contributed by atoms with Crippen LogP contribution in [-0.4, -0.2) is 26.7 Å². The second kappa shape index (κ2) is 3.85. The van der Waals surface area contributed by atoms with E-state index < -0.39 is 0 Å².